The molecule has 0 atom stereocenters. The van der Waals surface area contributed by atoms with E-state index in [1.807, 2.05) is 29.6 Å². The number of halogens is 1. The lowest BCUT2D eigenvalue weighted by Crippen LogP contribution is -2.47. The van der Waals surface area contributed by atoms with Gasteiger partial charge in [-0.25, -0.2) is 4.98 Å². The average Bonchev–Trinajstić information content (AvgIpc) is 3.04. The number of rotatable bonds is 2. The van der Waals surface area contributed by atoms with Crippen LogP contribution in [0, 0.1) is 13.8 Å². The van der Waals surface area contributed by atoms with Crippen LogP contribution in [0.3, 0.4) is 0 Å². The molecule has 0 unspecified atom stereocenters. The van der Waals surface area contributed by atoms with Gasteiger partial charge in [0, 0.05) is 37.4 Å². The van der Waals surface area contributed by atoms with Gasteiger partial charge in [-0.1, -0.05) is 23.7 Å². The molecule has 4 rings (SSSR count). The largest absolute Gasteiger partial charge is 0.367 e. The molecule has 0 N–H and O–H groups in total. The first-order valence-electron chi connectivity index (χ1n) is 8.06. The number of nitrogens with zero attached hydrogens (tertiary/aromatic N) is 6. The molecule has 24 heavy (non-hydrogen) atoms. The third-order valence-corrected chi connectivity index (χ3v) is 4.97. The highest BCUT2D eigenvalue weighted by Crippen LogP contribution is 2.28. The standard InChI is InChI=1S/C17H19ClN6/c1-12-13(2)21-17-19-11-20-24(17)16(12)23-9-7-22(8-10-23)15-6-4-3-5-14(15)18/h3-6,11H,7-10H2,1-2H3. The van der Waals surface area contributed by atoms with Gasteiger partial charge in [0.15, 0.2) is 0 Å². The van der Waals surface area contributed by atoms with Crippen LogP contribution in [0.15, 0.2) is 30.6 Å². The summed E-state index contributed by atoms with van der Waals surface area (Å²) in [4.78, 5) is 13.4. The van der Waals surface area contributed by atoms with Gasteiger partial charge in [-0.3, -0.25) is 0 Å². The molecule has 1 aliphatic rings. The molecule has 1 aliphatic heterocycles. The summed E-state index contributed by atoms with van der Waals surface area (Å²) >= 11 is 6.33. The first-order chi connectivity index (χ1) is 11.6. The maximum Gasteiger partial charge on any atom is 0.254 e. The Morgan fingerprint density at radius 1 is 1.00 bits per heavy atom. The minimum Gasteiger partial charge on any atom is -0.367 e. The van der Waals surface area contributed by atoms with E-state index in [0.717, 1.165) is 54.0 Å². The summed E-state index contributed by atoms with van der Waals surface area (Å²) in [6.07, 6.45) is 1.56. The summed E-state index contributed by atoms with van der Waals surface area (Å²) in [7, 11) is 0. The fraction of sp³-hybridized carbons (Fsp3) is 0.353. The number of aromatic nitrogens is 4. The van der Waals surface area contributed by atoms with Crippen molar-refractivity contribution in [2.24, 2.45) is 0 Å². The highest BCUT2D eigenvalue weighted by atomic mass is 35.5. The number of benzene rings is 1. The van der Waals surface area contributed by atoms with E-state index in [2.05, 4.69) is 37.9 Å². The zero-order valence-corrected chi connectivity index (χ0v) is 14.5. The fourth-order valence-corrected chi connectivity index (χ4v) is 3.51. The highest BCUT2D eigenvalue weighted by molar-refractivity contribution is 6.33. The predicted molar refractivity (Wildman–Crippen MR) is 96.1 cm³/mol. The number of para-hydroxylation sites is 1. The van der Waals surface area contributed by atoms with Gasteiger partial charge in [0.25, 0.3) is 5.78 Å². The molecular formula is C17H19ClN6. The molecular weight excluding hydrogens is 324 g/mol. The van der Waals surface area contributed by atoms with Crippen molar-refractivity contribution in [3.63, 3.8) is 0 Å². The number of anilines is 2. The van der Waals surface area contributed by atoms with Crippen molar-refractivity contribution < 1.29 is 0 Å². The van der Waals surface area contributed by atoms with Gasteiger partial charge in [0.2, 0.25) is 0 Å². The Balaban J connectivity index is 1.62. The minimum absolute atomic E-state index is 0.654. The Labute approximate surface area is 145 Å². The van der Waals surface area contributed by atoms with Crippen molar-refractivity contribution in [2.45, 2.75) is 13.8 Å². The van der Waals surface area contributed by atoms with E-state index in [4.69, 9.17) is 11.6 Å². The van der Waals surface area contributed by atoms with Crippen molar-refractivity contribution >= 4 is 28.9 Å². The molecule has 3 heterocycles. The second kappa shape index (κ2) is 5.94. The van der Waals surface area contributed by atoms with Crippen LogP contribution < -0.4 is 9.80 Å². The summed E-state index contributed by atoms with van der Waals surface area (Å²) in [5.74, 6) is 1.75. The van der Waals surface area contributed by atoms with Crippen molar-refractivity contribution in [1.29, 1.82) is 0 Å². The topological polar surface area (TPSA) is 49.6 Å². The van der Waals surface area contributed by atoms with Crippen LogP contribution in [0.2, 0.25) is 5.02 Å². The summed E-state index contributed by atoms with van der Waals surface area (Å²) in [5.41, 5.74) is 3.26. The molecule has 1 aromatic carbocycles. The SMILES string of the molecule is Cc1nc2ncnn2c(N2CCN(c3ccccc3Cl)CC2)c1C. The molecule has 124 valence electrons. The second-order valence-electron chi connectivity index (χ2n) is 6.04. The quantitative estimate of drug-likeness (QED) is 0.716. The molecule has 0 bridgehead atoms. The van der Waals surface area contributed by atoms with E-state index in [-0.39, 0.29) is 0 Å². The monoisotopic (exact) mass is 342 g/mol. The van der Waals surface area contributed by atoms with Crippen molar-refractivity contribution in [3.8, 4) is 0 Å². The van der Waals surface area contributed by atoms with Crippen LogP contribution in [0.4, 0.5) is 11.5 Å². The molecule has 1 saturated heterocycles. The Bertz CT molecular complexity index is 882. The molecule has 1 fully saturated rings. The summed E-state index contributed by atoms with van der Waals surface area (Å²) in [6.45, 7) is 7.77. The van der Waals surface area contributed by atoms with Gasteiger partial charge in [-0.05, 0) is 26.0 Å². The van der Waals surface area contributed by atoms with Gasteiger partial charge in [-0.15, -0.1) is 0 Å². The van der Waals surface area contributed by atoms with Crippen molar-refractivity contribution in [3.05, 3.63) is 46.9 Å². The van der Waals surface area contributed by atoms with Gasteiger partial charge in [0.05, 0.1) is 10.7 Å². The van der Waals surface area contributed by atoms with Crippen LogP contribution >= 0.6 is 11.6 Å². The lowest BCUT2D eigenvalue weighted by atomic mass is 10.2. The summed E-state index contributed by atoms with van der Waals surface area (Å²) in [5, 5.41) is 5.16. The number of hydrogen-bond donors (Lipinski definition) is 0. The predicted octanol–water partition coefficient (Wildman–Crippen LogP) is 2.72. The summed E-state index contributed by atoms with van der Waals surface area (Å²) < 4.78 is 1.84. The van der Waals surface area contributed by atoms with Crippen LogP contribution in [0.1, 0.15) is 11.3 Å². The Kier molecular flexibility index (Phi) is 3.76. The molecule has 0 spiro atoms. The van der Waals surface area contributed by atoms with Gasteiger partial charge in [0.1, 0.15) is 12.1 Å². The molecule has 0 aliphatic carbocycles. The highest BCUT2D eigenvalue weighted by Gasteiger charge is 2.23. The van der Waals surface area contributed by atoms with E-state index in [9.17, 15) is 0 Å². The molecule has 7 heteroatoms. The van der Waals surface area contributed by atoms with Gasteiger partial charge >= 0.3 is 0 Å². The minimum atomic E-state index is 0.654. The van der Waals surface area contributed by atoms with Crippen LogP contribution in [0.5, 0.6) is 0 Å². The zero-order chi connectivity index (χ0) is 16.7. The molecule has 6 nitrogen and oxygen atoms in total. The Morgan fingerprint density at radius 3 is 2.46 bits per heavy atom. The van der Waals surface area contributed by atoms with Gasteiger partial charge < -0.3 is 9.80 Å². The van der Waals surface area contributed by atoms with E-state index in [1.54, 1.807) is 6.33 Å². The maximum absolute atomic E-state index is 6.33. The smallest absolute Gasteiger partial charge is 0.254 e. The van der Waals surface area contributed by atoms with Crippen LogP contribution in [0.25, 0.3) is 5.78 Å². The van der Waals surface area contributed by atoms with Gasteiger partial charge in [-0.2, -0.15) is 14.6 Å². The van der Waals surface area contributed by atoms with E-state index in [0.29, 0.717) is 5.78 Å². The maximum atomic E-state index is 6.33. The van der Waals surface area contributed by atoms with Crippen molar-refractivity contribution in [1.82, 2.24) is 19.6 Å². The molecule has 3 aromatic rings. The van der Waals surface area contributed by atoms with Crippen LogP contribution in [-0.4, -0.2) is 45.8 Å². The Hall–Kier alpha value is -2.34. The number of fused-ring (bicyclic) bond motifs is 1. The first-order valence-corrected chi connectivity index (χ1v) is 8.44. The average molecular weight is 343 g/mol. The van der Waals surface area contributed by atoms with E-state index >= 15 is 0 Å². The molecule has 0 amide bonds. The Morgan fingerprint density at radius 2 is 1.71 bits per heavy atom. The lowest BCUT2D eigenvalue weighted by Gasteiger charge is -2.38. The molecule has 0 radical (unpaired) electrons. The number of aryl methyl sites for hydroxylation is 1. The van der Waals surface area contributed by atoms with Crippen molar-refractivity contribution in [2.75, 3.05) is 36.0 Å². The van der Waals surface area contributed by atoms with E-state index in [1.165, 1.54) is 0 Å². The number of hydrogen-bond acceptors (Lipinski definition) is 5. The third kappa shape index (κ3) is 2.47. The fourth-order valence-electron chi connectivity index (χ4n) is 3.25. The lowest BCUT2D eigenvalue weighted by molar-refractivity contribution is 0.636. The van der Waals surface area contributed by atoms with E-state index < -0.39 is 0 Å². The van der Waals surface area contributed by atoms with Crippen LogP contribution in [-0.2, 0) is 0 Å². The zero-order valence-electron chi connectivity index (χ0n) is 13.8. The first kappa shape index (κ1) is 15.2. The second-order valence-corrected chi connectivity index (χ2v) is 6.45. The summed E-state index contributed by atoms with van der Waals surface area (Å²) in [6, 6.07) is 8.02. The number of piperazine rings is 1. The normalized spacial score (nSPS) is 15.3. The third-order valence-electron chi connectivity index (χ3n) is 4.65. The molecule has 2 aromatic heterocycles. The molecule has 0 saturated carbocycles.